The number of fused-ring (bicyclic) bond motifs is 1. The Morgan fingerprint density at radius 1 is 0.970 bits per heavy atom. The van der Waals surface area contributed by atoms with Crippen LogP contribution in [0.25, 0.3) is 11.2 Å². The van der Waals surface area contributed by atoms with E-state index in [1.807, 2.05) is 26.1 Å². The van der Waals surface area contributed by atoms with Crippen molar-refractivity contribution in [2.75, 3.05) is 6.61 Å². The van der Waals surface area contributed by atoms with E-state index in [0.717, 1.165) is 59.7 Å². The van der Waals surface area contributed by atoms with Gasteiger partial charge in [0.05, 0.1) is 23.2 Å². The fraction of sp³-hybridized carbons (Fsp3) is 0.560. The maximum Gasteiger partial charge on any atom is 0.250 e. The molecule has 1 aliphatic carbocycles. The lowest BCUT2D eigenvalue weighted by molar-refractivity contribution is 0.00358. The minimum Gasteiger partial charge on any atom is -0.373 e. The van der Waals surface area contributed by atoms with Gasteiger partial charge in [-0.1, -0.05) is 0 Å². The van der Waals surface area contributed by atoms with Crippen molar-refractivity contribution in [1.29, 1.82) is 0 Å². The molecule has 2 aliphatic rings. The van der Waals surface area contributed by atoms with Crippen molar-refractivity contribution >= 4 is 11.2 Å². The first-order chi connectivity index (χ1) is 15.9. The van der Waals surface area contributed by atoms with Crippen molar-refractivity contribution in [3.05, 3.63) is 57.2 Å². The molecular formula is C25H30FN5O2. The first-order valence-corrected chi connectivity index (χ1v) is 11.8. The predicted octanol–water partition coefficient (Wildman–Crippen LogP) is 4.37. The molecule has 2 fully saturated rings. The maximum absolute atomic E-state index is 13.8. The van der Waals surface area contributed by atoms with E-state index in [2.05, 4.69) is 0 Å². The second-order valence-corrected chi connectivity index (χ2v) is 9.47. The molecule has 174 valence electrons. The van der Waals surface area contributed by atoms with Crippen LogP contribution in [-0.4, -0.2) is 37.3 Å². The van der Waals surface area contributed by atoms with Gasteiger partial charge in [-0.2, -0.15) is 0 Å². The molecule has 3 aromatic heterocycles. The van der Waals surface area contributed by atoms with Gasteiger partial charge >= 0.3 is 0 Å². The third kappa shape index (κ3) is 4.40. The Morgan fingerprint density at radius 2 is 1.73 bits per heavy atom. The summed E-state index contributed by atoms with van der Waals surface area (Å²) >= 11 is 0. The van der Waals surface area contributed by atoms with Gasteiger partial charge in [0, 0.05) is 37.8 Å². The molecule has 1 saturated carbocycles. The van der Waals surface area contributed by atoms with E-state index in [1.54, 1.807) is 17.7 Å². The number of pyridine rings is 1. The molecule has 3 aromatic rings. The molecule has 33 heavy (non-hydrogen) atoms. The number of ether oxygens (including phenoxy) is 1. The number of nitrogens with zero attached hydrogens (tertiary/aromatic N) is 5. The lowest BCUT2D eigenvalue weighted by Gasteiger charge is -2.30. The fourth-order valence-electron chi connectivity index (χ4n) is 5.01. The third-order valence-electron chi connectivity index (χ3n) is 7.16. The summed E-state index contributed by atoms with van der Waals surface area (Å²) in [7, 11) is 1.75. The van der Waals surface area contributed by atoms with Crippen LogP contribution in [0.1, 0.15) is 84.9 Å². The van der Waals surface area contributed by atoms with Gasteiger partial charge in [0.1, 0.15) is 17.5 Å². The molecule has 2 atom stereocenters. The summed E-state index contributed by atoms with van der Waals surface area (Å²) in [6.07, 6.45) is 5.24. The second kappa shape index (κ2) is 8.89. The highest BCUT2D eigenvalue weighted by Crippen LogP contribution is 2.39. The van der Waals surface area contributed by atoms with Gasteiger partial charge < -0.3 is 9.30 Å². The van der Waals surface area contributed by atoms with Crippen LogP contribution in [0.2, 0.25) is 0 Å². The molecule has 8 heteroatoms. The average Bonchev–Trinajstić information content (AvgIpc) is 2.82. The minimum atomic E-state index is -0.720. The van der Waals surface area contributed by atoms with Gasteiger partial charge in [0.15, 0.2) is 5.65 Å². The quantitative estimate of drug-likeness (QED) is 0.588. The second-order valence-electron chi connectivity index (χ2n) is 9.47. The van der Waals surface area contributed by atoms with Gasteiger partial charge in [-0.25, -0.2) is 24.3 Å². The summed E-state index contributed by atoms with van der Waals surface area (Å²) in [4.78, 5) is 31.2. The van der Waals surface area contributed by atoms with Crippen LogP contribution < -0.4 is 5.56 Å². The van der Waals surface area contributed by atoms with E-state index >= 15 is 0 Å². The van der Waals surface area contributed by atoms with E-state index in [4.69, 9.17) is 24.7 Å². The zero-order chi connectivity index (χ0) is 23.1. The highest BCUT2D eigenvalue weighted by atomic mass is 19.1. The molecule has 1 aliphatic heterocycles. The number of rotatable bonds is 3. The lowest BCUT2D eigenvalue weighted by atomic mass is 9.85. The number of hydrogen-bond acceptors (Lipinski definition) is 6. The molecule has 1 saturated heterocycles. The summed E-state index contributed by atoms with van der Waals surface area (Å²) in [6.45, 7) is 4.50. The molecule has 0 bridgehead atoms. The molecule has 5 rings (SSSR count). The zero-order valence-corrected chi connectivity index (χ0v) is 19.4. The van der Waals surface area contributed by atoms with Crippen LogP contribution in [0, 0.1) is 13.8 Å². The highest BCUT2D eigenvalue weighted by molar-refractivity contribution is 5.73. The summed E-state index contributed by atoms with van der Waals surface area (Å²) in [5.41, 5.74) is 4.98. The van der Waals surface area contributed by atoms with Crippen molar-refractivity contribution in [1.82, 2.24) is 24.5 Å². The Hall–Kier alpha value is -2.74. The molecule has 2 unspecified atom stereocenters. The Morgan fingerprint density at radius 3 is 2.48 bits per heavy atom. The van der Waals surface area contributed by atoms with E-state index in [9.17, 15) is 9.18 Å². The SMILES string of the molecule is Cc1nc2nc(C3CCOC(c4ccc(=O)n(C)c4)C3)nc(C3CCC(F)CC3)c2nc1C. The number of hydrogen-bond donors (Lipinski definition) is 0. The largest absolute Gasteiger partial charge is 0.373 e. The Bertz CT molecular complexity index is 1240. The van der Waals surface area contributed by atoms with E-state index in [0.29, 0.717) is 25.1 Å². The van der Waals surface area contributed by atoms with Gasteiger partial charge in [0.2, 0.25) is 5.56 Å². The van der Waals surface area contributed by atoms with Crippen molar-refractivity contribution in [2.24, 2.45) is 7.05 Å². The van der Waals surface area contributed by atoms with E-state index in [-0.39, 0.29) is 23.5 Å². The topological polar surface area (TPSA) is 82.8 Å². The highest BCUT2D eigenvalue weighted by Gasteiger charge is 2.31. The smallest absolute Gasteiger partial charge is 0.250 e. The molecule has 0 radical (unpaired) electrons. The summed E-state index contributed by atoms with van der Waals surface area (Å²) in [5, 5.41) is 0. The van der Waals surface area contributed by atoms with Crippen molar-refractivity contribution in [3.8, 4) is 0 Å². The molecule has 0 amide bonds. The maximum atomic E-state index is 13.8. The predicted molar refractivity (Wildman–Crippen MR) is 123 cm³/mol. The standard InChI is InChI=1S/C25H30FN5O2/c1-14-15(2)28-25-23(27-14)22(16-4-7-19(26)8-5-16)29-24(30-25)17-10-11-33-20(12-17)18-6-9-21(32)31(3)13-18/h6,9,13,16-17,19-20H,4-5,7-8,10-12H2,1-3H3. The molecule has 0 N–H and O–H groups in total. The monoisotopic (exact) mass is 451 g/mol. The van der Waals surface area contributed by atoms with Crippen LogP contribution in [0.4, 0.5) is 4.39 Å². The van der Waals surface area contributed by atoms with Crippen molar-refractivity contribution in [3.63, 3.8) is 0 Å². The Labute approximate surface area is 192 Å². The van der Waals surface area contributed by atoms with Crippen molar-refractivity contribution < 1.29 is 9.13 Å². The number of aryl methyl sites for hydroxylation is 3. The van der Waals surface area contributed by atoms with Crippen molar-refractivity contribution in [2.45, 2.75) is 76.5 Å². The fourth-order valence-corrected chi connectivity index (χ4v) is 5.01. The van der Waals surface area contributed by atoms with Crippen LogP contribution in [0.3, 0.4) is 0 Å². The molecule has 7 nitrogen and oxygen atoms in total. The normalized spacial score (nSPS) is 25.9. The number of alkyl halides is 1. The summed E-state index contributed by atoms with van der Waals surface area (Å²) < 4.78 is 21.5. The number of halogens is 1. The van der Waals surface area contributed by atoms with E-state index < -0.39 is 6.17 Å². The van der Waals surface area contributed by atoms with Gasteiger partial charge in [-0.05, 0) is 64.0 Å². The van der Waals surface area contributed by atoms with Gasteiger partial charge in [0.25, 0.3) is 0 Å². The van der Waals surface area contributed by atoms with Crippen LogP contribution in [0.15, 0.2) is 23.1 Å². The molecule has 0 aromatic carbocycles. The zero-order valence-electron chi connectivity index (χ0n) is 19.4. The Balaban J connectivity index is 1.52. The molecular weight excluding hydrogens is 421 g/mol. The van der Waals surface area contributed by atoms with Crippen LogP contribution >= 0.6 is 0 Å². The number of aromatic nitrogens is 5. The summed E-state index contributed by atoms with van der Waals surface area (Å²) in [5.74, 6) is 1.07. The third-order valence-corrected chi connectivity index (χ3v) is 7.16. The van der Waals surface area contributed by atoms with E-state index in [1.165, 1.54) is 0 Å². The minimum absolute atomic E-state index is 0.0409. The van der Waals surface area contributed by atoms with Gasteiger partial charge in [-0.15, -0.1) is 0 Å². The summed E-state index contributed by atoms with van der Waals surface area (Å²) in [6, 6.07) is 3.42. The first kappa shape index (κ1) is 22.1. The lowest BCUT2D eigenvalue weighted by Crippen LogP contribution is -2.23. The molecule has 0 spiro atoms. The van der Waals surface area contributed by atoms with Crippen LogP contribution in [-0.2, 0) is 11.8 Å². The average molecular weight is 452 g/mol. The van der Waals surface area contributed by atoms with Crippen LogP contribution in [0.5, 0.6) is 0 Å². The molecule has 4 heterocycles. The Kier molecular flexibility index (Phi) is 5.95. The van der Waals surface area contributed by atoms with Gasteiger partial charge in [-0.3, -0.25) is 4.79 Å². The first-order valence-electron chi connectivity index (χ1n) is 11.8.